The molecule has 0 spiro atoms. The van der Waals surface area contributed by atoms with Gasteiger partial charge in [-0.15, -0.1) is 0 Å². The van der Waals surface area contributed by atoms with Gasteiger partial charge in [-0.25, -0.2) is 4.68 Å². The fourth-order valence-electron chi connectivity index (χ4n) is 3.55. The summed E-state index contributed by atoms with van der Waals surface area (Å²) in [6.45, 7) is 2.82. The maximum atomic E-state index is 12.9. The first kappa shape index (κ1) is 20.4. The highest BCUT2D eigenvalue weighted by atomic mass is 35.5. The van der Waals surface area contributed by atoms with Gasteiger partial charge in [0.2, 0.25) is 5.91 Å². The van der Waals surface area contributed by atoms with E-state index < -0.39 is 0 Å². The summed E-state index contributed by atoms with van der Waals surface area (Å²) in [5.74, 6) is -0.0218. The topological polar surface area (TPSA) is 93.8 Å². The number of carbonyl (C=O) groups excluding carboxylic acids is 2. The Morgan fingerprint density at radius 1 is 1.23 bits per heavy atom. The van der Waals surface area contributed by atoms with Crippen molar-refractivity contribution in [3.63, 3.8) is 0 Å². The predicted octanol–water partition coefficient (Wildman–Crippen LogP) is 3.33. The second-order valence-electron chi connectivity index (χ2n) is 7.25. The van der Waals surface area contributed by atoms with Gasteiger partial charge in [-0.2, -0.15) is 10.2 Å². The van der Waals surface area contributed by atoms with Crippen LogP contribution in [-0.4, -0.2) is 37.9 Å². The van der Waals surface area contributed by atoms with Crippen molar-refractivity contribution in [1.29, 1.82) is 0 Å². The second kappa shape index (κ2) is 8.49. The van der Waals surface area contributed by atoms with Gasteiger partial charge in [0.1, 0.15) is 0 Å². The molecule has 3 aromatic rings. The van der Waals surface area contributed by atoms with Crippen LogP contribution in [-0.2, 0) is 17.8 Å². The largest absolute Gasteiger partial charge is 0.356 e. The quantitative estimate of drug-likeness (QED) is 0.628. The lowest BCUT2D eigenvalue weighted by atomic mass is 9.94. The van der Waals surface area contributed by atoms with Crippen LogP contribution in [0.1, 0.15) is 29.4 Å². The molecule has 0 bridgehead atoms. The van der Waals surface area contributed by atoms with E-state index in [2.05, 4.69) is 20.8 Å². The van der Waals surface area contributed by atoms with Crippen molar-refractivity contribution >= 4 is 40.7 Å². The summed E-state index contributed by atoms with van der Waals surface area (Å²) in [6.07, 6.45) is 6.36. The molecule has 2 N–H and O–H groups in total. The first-order valence-electron chi connectivity index (χ1n) is 9.51. The molecule has 1 unspecified atom stereocenters. The van der Waals surface area contributed by atoms with Gasteiger partial charge in [0.25, 0.3) is 5.91 Å². The van der Waals surface area contributed by atoms with Gasteiger partial charge < -0.3 is 10.6 Å². The van der Waals surface area contributed by atoms with Crippen LogP contribution in [0.25, 0.3) is 5.69 Å². The number of rotatable bonds is 5. The van der Waals surface area contributed by atoms with E-state index in [1.807, 2.05) is 4.68 Å². The summed E-state index contributed by atoms with van der Waals surface area (Å²) in [5, 5.41) is 15.1. The van der Waals surface area contributed by atoms with Crippen LogP contribution in [0.5, 0.6) is 0 Å². The normalized spacial score (nSPS) is 15.5. The monoisotopic (exact) mass is 446 g/mol. The minimum atomic E-state index is -0.248. The molecule has 1 atom stereocenters. The molecule has 1 aromatic carbocycles. The number of anilines is 1. The second-order valence-corrected chi connectivity index (χ2v) is 8.09. The van der Waals surface area contributed by atoms with Crippen LogP contribution in [0, 0.1) is 5.92 Å². The number of nitrogens with one attached hydrogen (secondary N) is 2. The molecule has 2 aromatic heterocycles. The fraction of sp³-hybridized carbons (Fsp3) is 0.300. The summed E-state index contributed by atoms with van der Waals surface area (Å²) >= 11 is 12.3. The predicted molar refractivity (Wildman–Crippen MR) is 114 cm³/mol. The molecule has 8 nitrogen and oxygen atoms in total. The van der Waals surface area contributed by atoms with E-state index in [9.17, 15) is 9.59 Å². The third-order valence-corrected chi connectivity index (χ3v) is 5.57. The van der Waals surface area contributed by atoms with Crippen molar-refractivity contribution in [3.8, 4) is 5.69 Å². The number of hydrogen-bond donors (Lipinski definition) is 2. The zero-order valence-corrected chi connectivity index (χ0v) is 17.7. The molecule has 1 aliphatic heterocycles. The highest BCUT2D eigenvalue weighted by Gasteiger charge is 2.25. The number of benzene rings is 1. The van der Waals surface area contributed by atoms with Crippen LogP contribution in [0.2, 0.25) is 10.0 Å². The molecule has 2 amide bonds. The number of halogens is 2. The first-order valence-corrected chi connectivity index (χ1v) is 10.3. The van der Waals surface area contributed by atoms with Crippen molar-refractivity contribution in [2.75, 3.05) is 11.9 Å². The molecule has 0 radical (unpaired) electrons. The van der Waals surface area contributed by atoms with Gasteiger partial charge in [0.05, 0.1) is 39.4 Å². The van der Waals surface area contributed by atoms with Crippen molar-refractivity contribution in [1.82, 2.24) is 24.9 Å². The van der Waals surface area contributed by atoms with Crippen LogP contribution < -0.4 is 10.6 Å². The van der Waals surface area contributed by atoms with Gasteiger partial charge >= 0.3 is 0 Å². The SMILES string of the molecule is CC(=O)NCC1CCn2ncc(C(=O)Nc3ccc(-n4cc(Cl)cn4)c(Cl)c3)c2C1. The van der Waals surface area contributed by atoms with Crippen molar-refractivity contribution < 1.29 is 9.59 Å². The summed E-state index contributed by atoms with van der Waals surface area (Å²) < 4.78 is 3.43. The van der Waals surface area contributed by atoms with Gasteiger partial charge in [-0.05, 0) is 37.0 Å². The minimum Gasteiger partial charge on any atom is -0.356 e. The molecular formula is C20H20Cl2N6O2. The Balaban J connectivity index is 1.48. The lowest BCUT2D eigenvalue weighted by Gasteiger charge is -2.24. The Morgan fingerprint density at radius 2 is 2.07 bits per heavy atom. The van der Waals surface area contributed by atoms with Gasteiger partial charge in [-0.3, -0.25) is 14.3 Å². The maximum Gasteiger partial charge on any atom is 0.259 e. The van der Waals surface area contributed by atoms with E-state index in [1.165, 1.54) is 13.1 Å². The number of carbonyl (C=O) groups is 2. The van der Waals surface area contributed by atoms with Crippen molar-refractivity contribution in [2.24, 2.45) is 5.92 Å². The van der Waals surface area contributed by atoms with E-state index in [0.717, 1.165) is 18.7 Å². The molecule has 10 heteroatoms. The average Bonchev–Trinajstić information content (AvgIpc) is 3.32. The lowest BCUT2D eigenvalue weighted by molar-refractivity contribution is -0.119. The van der Waals surface area contributed by atoms with Crippen molar-refractivity contribution in [2.45, 2.75) is 26.3 Å². The lowest BCUT2D eigenvalue weighted by Crippen LogP contribution is -2.32. The number of aromatic nitrogens is 4. The van der Waals surface area contributed by atoms with Gasteiger partial charge in [0, 0.05) is 31.9 Å². The maximum absolute atomic E-state index is 12.9. The number of hydrogen-bond acceptors (Lipinski definition) is 4. The van der Waals surface area contributed by atoms with E-state index in [-0.39, 0.29) is 17.7 Å². The average molecular weight is 447 g/mol. The zero-order chi connectivity index (χ0) is 21.3. The molecule has 1 aliphatic rings. The summed E-state index contributed by atoms with van der Waals surface area (Å²) in [4.78, 5) is 24.1. The summed E-state index contributed by atoms with van der Waals surface area (Å²) in [5.41, 5.74) is 2.63. The van der Waals surface area contributed by atoms with Gasteiger partial charge in [-0.1, -0.05) is 23.2 Å². The summed E-state index contributed by atoms with van der Waals surface area (Å²) in [7, 11) is 0. The zero-order valence-electron chi connectivity index (χ0n) is 16.2. The highest BCUT2D eigenvalue weighted by Crippen LogP contribution is 2.27. The third-order valence-electron chi connectivity index (χ3n) is 5.07. The highest BCUT2D eigenvalue weighted by molar-refractivity contribution is 6.33. The minimum absolute atomic E-state index is 0.0512. The van der Waals surface area contributed by atoms with E-state index in [0.29, 0.717) is 39.9 Å². The Morgan fingerprint density at radius 3 is 2.77 bits per heavy atom. The third kappa shape index (κ3) is 4.34. The molecule has 0 saturated heterocycles. The Labute approximate surface area is 183 Å². The molecule has 0 aliphatic carbocycles. The Kier molecular flexibility index (Phi) is 5.78. The van der Waals surface area contributed by atoms with Crippen LogP contribution in [0.3, 0.4) is 0 Å². The molecular weight excluding hydrogens is 427 g/mol. The summed E-state index contributed by atoms with van der Waals surface area (Å²) in [6, 6.07) is 5.18. The standard InChI is InChI=1S/C20H20Cl2N6O2/c1-12(29)23-8-13-4-5-27-19(6-13)16(10-25-27)20(30)26-15-2-3-18(17(22)7-15)28-11-14(21)9-24-28/h2-3,7,9-11,13H,4-6,8H2,1H3,(H,23,29)(H,26,30). The van der Waals surface area contributed by atoms with E-state index in [1.54, 1.807) is 35.3 Å². The molecule has 0 fully saturated rings. The smallest absolute Gasteiger partial charge is 0.259 e. The van der Waals surface area contributed by atoms with Gasteiger partial charge in [0.15, 0.2) is 0 Å². The Bertz CT molecular complexity index is 1110. The number of aryl methyl sites for hydroxylation is 1. The fourth-order valence-corrected chi connectivity index (χ4v) is 3.96. The Hall–Kier alpha value is -2.84. The number of fused-ring (bicyclic) bond motifs is 1. The molecule has 0 saturated carbocycles. The molecule has 30 heavy (non-hydrogen) atoms. The van der Waals surface area contributed by atoms with Crippen LogP contribution in [0.4, 0.5) is 5.69 Å². The molecule has 3 heterocycles. The van der Waals surface area contributed by atoms with Crippen molar-refractivity contribution in [3.05, 3.63) is 58.1 Å². The first-order chi connectivity index (χ1) is 14.4. The molecule has 4 rings (SSSR count). The number of amides is 2. The van der Waals surface area contributed by atoms with Crippen LogP contribution >= 0.6 is 23.2 Å². The van der Waals surface area contributed by atoms with Crippen LogP contribution in [0.15, 0.2) is 36.8 Å². The van der Waals surface area contributed by atoms with E-state index >= 15 is 0 Å². The number of nitrogens with zero attached hydrogens (tertiary/aromatic N) is 4. The molecule has 156 valence electrons. The van der Waals surface area contributed by atoms with E-state index in [4.69, 9.17) is 23.2 Å².